The average molecular weight is 242 g/mol. The van der Waals surface area contributed by atoms with E-state index in [0.717, 1.165) is 6.07 Å². The molecule has 0 bridgehead atoms. The zero-order valence-corrected chi connectivity index (χ0v) is 8.85. The van der Waals surface area contributed by atoms with Crippen LogP contribution in [-0.2, 0) is 0 Å². The molecule has 84 valence electrons. The van der Waals surface area contributed by atoms with Crippen molar-refractivity contribution in [2.75, 3.05) is 5.88 Å². The number of hydrogen-bond acceptors (Lipinski definition) is 4. The minimum atomic E-state index is -0.634. The van der Waals surface area contributed by atoms with Gasteiger partial charge in [0.1, 0.15) is 5.75 Å². The van der Waals surface area contributed by atoms with Crippen molar-refractivity contribution in [1.29, 1.82) is 0 Å². The smallest absolute Gasteiger partial charge is 0.271 e. The second kappa shape index (κ2) is 5.27. The number of phenols is 1. The maximum Gasteiger partial charge on any atom is 0.271 e. The zero-order chi connectivity index (χ0) is 12.1. The molecule has 0 atom stereocenters. The zero-order valence-electron chi connectivity index (χ0n) is 8.09. The Morgan fingerprint density at radius 3 is 2.56 bits per heavy atom. The SMILES string of the molecule is O=Cc1cc([N+](=O)[O-])cc(C=CCCl)c1O. The van der Waals surface area contributed by atoms with Crippen LogP contribution in [0.2, 0.25) is 0 Å². The summed E-state index contributed by atoms with van der Waals surface area (Å²) in [6.07, 6.45) is 3.29. The Morgan fingerprint density at radius 2 is 2.06 bits per heavy atom. The van der Waals surface area contributed by atoms with E-state index in [4.69, 9.17) is 11.6 Å². The number of rotatable bonds is 4. The molecule has 1 N–H and O–H groups in total. The van der Waals surface area contributed by atoms with Crippen LogP contribution in [0.1, 0.15) is 15.9 Å². The summed E-state index contributed by atoms with van der Waals surface area (Å²) in [5.41, 5.74) is -0.186. The van der Waals surface area contributed by atoms with Crippen LogP contribution < -0.4 is 0 Å². The van der Waals surface area contributed by atoms with Gasteiger partial charge in [0.05, 0.1) is 10.5 Å². The number of nitrogens with zero attached hydrogens (tertiary/aromatic N) is 1. The van der Waals surface area contributed by atoms with Gasteiger partial charge >= 0.3 is 0 Å². The van der Waals surface area contributed by atoms with Gasteiger partial charge in [-0.05, 0) is 0 Å². The molecular weight excluding hydrogens is 234 g/mol. The first-order valence-corrected chi connectivity index (χ1v) is 4.82. The van der Waals surface area contributed by atoms with E-state index in [0.29, 0.717) is 6.29 Å². The van der Waals surface area contributed by atoms with Crippen molar-refractivity contribution in [3.05, 3.63) is 39.4 Å². The number of carbonyl (C=O) groups is 1. The van der Waals surface area contributed by atoms with Crippen LogP contribution in [0.5, 0.6) is 5.75 Å². The van der Waals surface area contributed by atoms with Crippen LogP contribution in [0.25, 0.3) is 6.08 Å². The lowest BCUT2D eigenvalue weighted by atomic mass is 10.1. The third-order valence-corrected chi connectivity index (χ3v) is 2.06. The largest absolute Gasteiger partial charge is 0.507 e. The standard InChI is InChI=1S/C10H8ClNO4/c11-3-1-2-7-4-9(12(15)16)5-8(6-13)10(7)14/h1-2,4-6,14H,3H2. The molecule has 5 nitrogen and oxygen atoms in total. The Hall–Kier alpha value is -1.88. The molecule has 0 unspecified atom stereocenters. The van der Waals surface area contributed by atoms with E-state index in [2.05, 4.69) is 0 Å². The Kier molecular flexibility index (Phi) is 4.02. The summed E-state index contributed by atoms with van der Waals surface area (Å²) in [5.74, 6) is -0.0829. The number of aromatic hydroxyl groups is 1. The van der Waals surface area contributed by atoms with Crippen LogP contribution in [0.15, 0.2) is 18.2 Å². The number of nitro groups is 1. The highest BCUT2D eigenvalue weighted by atomic mass is 35.5. The van der Waals surface area contributed by atoms with Crippen molar-refractivity contribution in [3.63, 3.8) is 0 Å². The number of benzene rings is 1. The molecule has 6 heteroatoms. The van der Waals surface area contributed by atoms with Gasteiger partial charge in [-0.3, -0.25) is 14.9 Å². The Labute approximate surface area is 96.1 Å². The quantitative estimate of drug-likeness (QED) is 0.380. The molecule has 0 spiro atoms. The molecule has 0 radical (unpaired) electrons. The minimum absolute atomic E-state index is 0.122. The van der Waals surface area contributed by atoms with E-state index in [1.807, 2.05) is 0 Å². The van der Waals surface area contributed by atoms with Crippen molar-refractivity contribution in [1.82, 2.24) is 0 Å². The van der Waals surface area contributed by atoms with Gasteiger partial charge in [0.2, 0.25) is 0 Å². The van der Waals surface area contributed by atoms with Gasteiger partial charge in [0.25, 0.3) is 5.69 Å². The topological polar surface area (TPSA) is 80.4 Å². The molecule has 16 heavy (non-hydrogen) atoms. The first-order valence-electron chi connectivity index (χ1n) is 4.29. The van der Waals surface area contributed by atoms with Gasteiger partial charge < -0.3 is 5.11 Å². The number of nitro benzene ring substituents is 1. The number of carbonyl (C=O) groups excluding carboxylic acids is 1. The molecule has 0 heterocycles. The monoisotopic (exact) mass is 241 g/mol. The van der Waals surface area contributed by atoms with E-state index in [1.54, 1.807) is 0 Å². The first-order chi connectivity index (χ1) is 7.60. The number of alkyl halides is 1. The van der Waals surface area contributed by atoms with Crippen molar-refractivity contribution >= 4 is 29.7 Å². The van der Waals surface area contributed by atoms with Gasteiger partial charge in [-0.2, -0.15) is 0 Å². The second-order valence-electron chi connectivity index (χ2n) is 2.90. The van der Waals surface area contributed by atoms with Crippen molar-refractivity contribution < 1.29 is 14.8 Å². The fraction of sp³-hybridized carbons (Fsp3) is 0.100. The maximum atomic E-state index is 10.6. The van der Waals surface area contributed by atoms with E-state index >= 15 is 0 Å². The van der Waals surface area contributed by atoms with Gasteiger partial charge in [-0.15, -0.1) is 11.6 Å². The summed E-state index contributed by atoms with van der Waals surface area (Å²) < 4.78 is 0. The van der Waals surface area contributed by atoms with E-state index in [1.165, 1.54) is 18.2 Å². The lowest BCUT2D eigenvalue weighted by Gasteiger charge is -2.02. The fourth-order valence-corrected chi connectivity index (χ4v) is 1.25. The minimum Gasteiger partial charge on any atom is -0.507 e. The Bertz CT molecular complexity index is 456. The van der Waals surface area contributed by atoms with Crippen LogP contribution in [0.3, 0.4) is 0 Å². The summed E-state index contributed by atoms with van der Waals surface area (Å²) in [7, 11) is 0. The fourth-order valence-electron chi connectivity index (χ4n) is 1.16. The molecule has 1 aromatic carbocycles. The van der Waals surface area contributed by atoms with E-state index in [9.17, 15) is 20.0 Å². The van der Waals surface area contributed by atoms with Gasteiger partial charge in [0.15, 0.2) is 6.29 Å². The van der Waals surface area contributed by atoms with Crippen LogP contribution >= 0.6 is 11.6 Å². The first kappa shape index (κ1) is 12.2. The number of non-ortho nitro benzene ring substituents is 1. The van der Waals surface area contributed by atoms with Gasteiger partial charge in [0, 0.05) is 23.6 Å². The number of aldehydes is 1. The predicted molar refractivity (Wildman–Crippen MR) is 59.9 cm³/mol. The molecule has 0 aliphatic rings. The summed E-state index contributed by atoms with van der Waals surface area (Å²) in [5, 5.41) is 20.1. The third kappa shape index (κ3) is 2.58. The van der Waals surface area contributed by atoms with Gasteiger partial charge in [-0.25, -0.2) is 0 Å². The Morgan fingerprint density at radius 1 is 1.44 bits per heavy atom. The number of hydrogen-bond donors (Lipinski definition) is 1. The van der Waals surface area contributed by atoms with Crippen molar-refractivity contribution in [2.45, 2.75) is 0 Å². The lowest BCUT2D eigenvalue weighted by molar-refractivity contribution is -0.384. The summed E-state index contributed by atoms with van der Waals surface area (Å²) >= 11 is 5.41. The maximum absolute atomic E-state index is 10.6. The number of phenolic OH excluding ortho intramolecular Hbond substituents is 1. The second-order valence-corrected chi connectivity index (χ2v) is 3.21. The average Bonchev–Trinajstić information content (AvgIpc) is 2.27. The summed E-state index contributed by atoms with van der Waals surface area (Å²) in [6, 6.07) is 2.19. The molecule has 0 aromatic heterocycles. The lowest BCUT2D eigenvalue weighted by Crippen LogP contribution is -1.92. The predicted octanol–water partition coefficient (Wildman–Crippen LogP) is 2.36. The molecule has 0 aliphatic carbocycles. The molecule has 0 aliphatic heterocycles. The van der Waals surface area contributed by atoms with Crippen LogP contribution in [0, 0.1) is 10.1 Å². The van der Waals surface area contributed by atoms with Crippen molar-refractivity contribution in [3.8, 4) is 5.75 Å². The van der Waals surface area contributed by atoms with E-state index < -0.39 is 4.92 Å². The highest BCUT2D eigenvalue weighted by Crippen LogP contribution is 2.28. The molecule has 0 amide bonds. The van der Waals surface area contributed by atoms with Gasteiger partial charge in [-0.1, -0.05) is 12.2 Å². The third-order valence-electron chi connectivity index (χ3n) is 1.88. The number of halogens is 1. The summed E-state index contributed by atoms with van der Waals surface area (Å²) in [4.78, 5) is 20.5. The molecule has 0 saturated carbocycles. The molecule has 1 aromatic rings. The highest BCUT2D eigenvalue weighted by molar-refractivity contribution is 6.19. The van der Waals surface area contributed by atoms with Crippen molar-refractivity contribution in [2.24, 2.45) is 0 Å². The molecular formula is C10H8ClNO4. The summed E-state index contributed by atoms with van der Waals surface area (Å²) in [6.45, 7) is 0. The van der Waals surface area contributed by atoms with Crippen LogP contribution in [-0.4, -0.2) is 22.2 Å². The Balaban J connectivity index is 3.35. The molecule has 0 fully saturated rings. The number of allylic oxidation sites excluding steroid dienone is 1. The van der Waals surface area contributed by atoms with Crippen LogP contribution in [0.4, 0.5) is 5.69 Å². The highest BCUT2D eigenvalue weighted by Gasteiger charge is 2.13. The van der Waals surface area contributed by atoms with E-state index in [-0.39, 0.29) is 28.4 Å². The molecule has 1 rings (SSSR count). The normalized spacial score (nSPS) is 10.6. The molecule has 0 saturated heterocycles.